The van der Waals surface area contributed by atoms with Gasteiger partial charge in [0, 0.05) is 17.5 Å². The van der Waals surface area contributed by atoms with Crippen LogP contribution in [0.25, 0.3) is 0 Å². The summed E-state index contributed by atoms with van der Waals surface area (Å²) in [6.45, 7) is 2.73. The number of halogens is 1. The van der Waals surface area contributed by atoms with E-state index in [1.54, 1.807) is 0 Å². The standard InChI is InChI=1S/C14H16ClN3OS/c1-8-14(20-18-17-8)12(16-2)7-10-6-11(15)5-9-3-4-19-13(9)10/h5-6,12,16H,3-4,7H2,1-2H3. The summed E-state index contributed by atoms with van der Waals surface area (Å²) >= 11 is 7.65. The minimum atomic E-state index is 0.182. The molecule has 3 rings (SSSR count). The Labute approximate surface area is 127 Å². The van der Waals surface area contributed by atoms with Gasteiger partial charge in [0.2, 0.25) is 0 Å². The van der Waals surface area contributed by atoms with Crippen molar-refractivity contribution in [3.8, 4) is 5.75 Å². The van der Waals surface area contributed by atoms with Crippen LogP contribution in [0.5, 0.6) is 5.75 Å². The Balaban J connectivity index is 1.92. The monoisotopic (exact) mass is 309 g/mol. The molecule has 0 saturated heterocycles. The van der Waals surface area contributed by atoms with Gasteiger partial charge >= 0.3 is 0 Å². The lowest BCUT2D eigenvalue weighted by atomic mass is 10.00. The zero-order valence-corrected chi connectivity index (χ0v) is 13.0. The van der Waals surface area contributed by atoms with Crippen LogP contribution in [0.2, 0.25) is 5.02 Å². The van der Waals surface area contributed by atoms with Crippen LogP contribution in [0.1, 0.15) is 27.7 Å². The molecule has 1 aromatic heterocycles. The fourth-order valence-corrected chi connectivity index (χ4v) is 3.62. The number of hydrogen-bond acceptors (Lipinski definition) is 5. The van der Waals surface area contributed by atoms with Crippen molar-refractivity contribution in [2.45, 2.75) is 25.8 Å². The molecule has 106 valence electrons. The molecule has 1 unspecified atom stereocenters. The van der Waals surface area contributed by atoms with Gasteiger partial charge in [0.1, 0.15) is 5.75 Å². The van der Waals surface area contributed by atoms with Gasteiger partial charge in [-0.15, -0.1) is 5.10 Å². The van der Waals surface area contributed by atoms with E-state index in [9.17, 15) is 0 Å². The van der Waals surface area contributed by atoms with Crippen LogP contribution < -0.4 is 10.1 Å². The summed E-state index contributed by atoms with van der Waals surface area (Å²) in [6, 6.07) is 4.18. The first-order valence-corrected chi connectivity index (χ1v) is 7.74. The number of rotatable bonds is 4. The van der Waals surface area contributed by atoms with Crippen LogP contribution in [0, 0.1) is 6.92 Å². The van der Waals surface area contributed by atoms with Crippen molar-refractivity contribution in [3.63, 3.8) is 0 Å². The topological polar surface area (TPSA) is 47.0 Å². The van der Waals surface area contributed by atoms with Crippen molar-refractivity contribution in [2.75, 3.05) is 13.7 Å². The molecule has 0 aliphatic carbocycles. The Morgan fingerprint density at radius 1 is 1.50 bits per heavy atom. The van der Waals surface area contributed by atoms with E-state index in [1.807, 2.05) is 26.1 Å². The van der Waals surface area contributed by atoms with E-state index in [0.717, 1.165) is 41.5 Å². The van der Waals surface area contributed by atoms with Crippen molar-refractivity contribution in [3.05, 3.63) is 38.9 Å². The fraction of sp³-hybridized carbons (Fsp3) is 0.429. The van der Waals surface area contributed by atoms with Gasteiger partial charge in [-0.05, 0) is 55.2 Å². The van der Waals surface area contributed by atoms with Gasteiger partial charge in [-0.2, -0.15) is 0 Å². The number of benzene rings is 1. The van der Waals surface area contributed by atoms with Gasteiger partial charge < -0.3 is 10.1 Å². The molecule has 20 heavy (non-hydrogen) atoms. The third kappa shape index (κ3) is 2.53. The summed E-state index contributed by atoms with van der Waals surface area (Å²) in [5, 5.41) is 8.20. The first-order chi connectivity index (χ1) is 9.69. The molecule has 0 fully saturated rings. The number of ether oxygens (including phenoxy) is 1. The van der Waals surface area contributed by atoms with E-state index in [1.165, 1.54) is 22.0 Å². The molecule has 1 atom stereocenters. The maximum atomic E-state index is 6.21. The summed E-state index contributed by atoms with van der Waals surface area (Å²) in [6.07, 6.45) is 1.76. The summed E-state index contributed by atoms with van der Waals surface area (Å²) in [5.41, 5.74) is 3.34. The average molecular weight is 310 g/mol. The summed E-state index contributed by atoms with van der Waals surface area (Å²) in [4.78, 5) is 1.17. The highest BCUT2D eigenvalue weighted by Crippen LogP contribution is 2.35. The first kappa shape index (κ1) is 13.8. The van der Waals surface area contributed by atoms with Crippen LogP contribution in [0.4, 0.5) is 0 Å². The summed E-state index contributed by atoms with van der Waals surface area (Å²) in [5.74, 6) is 1.00. The van der Waals surface area contributed by atoms with Gasteiger partial charge in [0.15, 0.2) is 0 Å². The van der Waals surface area contributed by atoms with E-state index in [0.29, 0.717) is 0 Å². The minimum absolute atomic E-state index is 0.182. The van der Waals surface area contributed by atoms with Gasteiger partial charge in [0.25, 0.3) is 0 Å². The molecule has 1 aromatic carbocycles. The van der Waals surface area contributed by atoms with Crippen molar-refractivity contribution >= 4 is 23.1 Å². The molecule has 6 heteroatoms. The summed E-state index contributed by atoms with van der Waals surface area (Å²) in [7, 11) is 1.95. The van der Waals surface area contributed by atoms with Crippen LogP contribution in [0.15, 0.2) is 12.1 Å². The Morgan fingerprint density at radius 2 is 2.35 bits per heavy atom. The van der Waals surface area contributed by atoms with Crippen molar-refractivity contribution in [1.29, 1.82) is 0 Å². The Hall–Kier alpha value is -1.17. The SMILES string of the molecule is CNC(Cc1cc(Cl)cc2c1OCC2)c1snnc1C. The highest BCUT2D eigenvalue weighted by molar-refractivity contribution is 7.05. The quantitative estimate of drug-likeness (QED) is 0.943. The molecule has 0 saturated carbocycles. The van der Waals surface area contributed by atoms with Gasteiger partial charge in [-0.1, -0.05) is 16.1 Å². The predicted molar refractivity (Wildman–Crippen MR) is 80.8 cm³/mol. The van der Waals surface area contributed by atoms with E-state index in [2.05, 4.69) is 14.9 Å². The summed E-state index contributed by atoms with van der Waals surface area (Å²) < 4.78 is 9.78. The molecule has 0 radical (unpaired) electrons. The Kier molecular flexibility index (Phi) is 3.92. The second-order valence-corrected chi connectivity index (χ2v) is 6.14. The zero-order valence-electron chi connectivity index (χ0n) is 11.4. The predicted octanol–water partition coefficient (Wildman–Crippen LogP) is 2.94. The number of aromatic nitrogens is 2. The molecule has 2 heterocycles. The average Bonchev–Trinajstić information content (AvgIpc) is 3.04. The Morgan fingerprint density at radius 3 is 3.05 bits per heavy atom. The fourth-order valence-electron chi connectivity index (χ4n) is 2.60. The molecule has 0 amide bonds. The molecule has 0 bridgehead atoms. The van der Waals surface area contributed by atoms with Crippen LogP contribution >= 0.6 is 23.1 Å². The number of fused-ring (bicyclic) bond motifs is 1. The molecule has 2 aromatic rings. The largest absolute Gasteiger partial charge is 0.493 e. The van der Waals surface area contributed by atoms with Gasteiger partial charge in [-0.25, -0.2) is 0 Å². The van der Waals surface area contributed by atoms with E-state index >= 15 is 0 Å². The molecular formula is C14H16ClN3OS. The van der Waals surface area contributed by atoms with E-state index in [4.69, 9.17) is 16.3 Å². The second-order valence-electron chi connectivity index (χ2n) is 4.92. The highest BCUT2D eigenvalue weighted by Gasteiger charge is 2.22. The van der Waals surface area contributed by atoms with Crippen molar-refractivity contribution in [1.82, 2.24) is 14.9 Å². The van der Waals surface area contributed by atoms with Gasteiger partial charge in [0.05, 0.1) is 17.2 Å². The Bertz CT molecular complexity index is 629. The van der Waals surface area contributed by atoms with Crippen molar-refractivity contribution in [2.24, 2.45) is 0 Å². The maximum absolute atomic E-state index is 6.21. The zero-order chi connectivity index (χ0) is 14.1. The number of aryl methyl sites for hydroxylation is 1. The lowest BCUT2D eigenvalue weighted by Crippen LogP contribution is -2.19. The molecular weight excluding hydrogens is 294 g/mol. The highest BCUT2D eigenvalue weighted by atomic mass is 35.5. The normalized spacial score (nSPS) is 14.9. The van der Waals surface area contributed by atoms with Crippen molar-refractivity contribution < 1.29 is 4.74 Å². The number of nitrogens with zero attached hydrogens (tertiary/aromatic N) is 2. The van der Waals surface area contributed by atoms with Gasteiger partial charge in [-0.3, -0.25) is 0 Å². The number of likely N-dealkylation sites (N-methyl/N-ethyl adjacent to an activating group) is 1. The smallest absolute Gasteiger partial charge is 0.125 e. The van der Waals surface area contributed by atoms with Crippen LogP contribution in [-0.4, -0.2) is 23.2 Å². The first-order valence-electron chi connectivity index (χ1n) is 6.59. The third-order valence-corrected chi connectivity index (χ3v) is 4.76. The minimum Gasteiger partial charge on any atom is -0.493 e. The lowest BCUT2D eigenvalue weighted by molar-refractivity contribution is 0.352. The maximum Gasteiger partial charge on any atom is 0.125 e. The number of hydrogen-bond donors (Lipinski definition) is 1. The molecule has 4 nitrogen and oxygen atoms in total. The second kappa shape index (κ2) is 5.68. The van der Waals surface area contributed by atoms with E-state index < -0.39 is 0 Å². The van der Waals surface area contributed by atoms with E-state index in [-0.39, 0.29) is 6.04 Å². The molecule has 0 spiro atoms. The molecule has 1 N–H and O–H groups in total. The van der Waals surface area contributed by atoms with Crippen LogP contribution in [-0.2, 0) is 12.8 Å². The van der Waals surface area contributed by atoms with Crippen LogP contribution in [0.3, 0.4) is 0 Å². The molecule has 1 aliphatic heterocycles. The molecule has 1 aliphatic rings. The third-order valence-electron chi connectivity index (χ3n) is 3.60. The lowest BCUT2D eigenvalue weighted by Gasteiger charge is -2.17. The number of nitrogens with one attached hydrogen (secondary N) is 1.